The maximum Gasteiger partial charge on any atom is 0.227 e. The lowest BCUT2D eigenvalue weighted by Crippen LogP contribution is -2.34. The van der Waals surface area contributed by atoms with Gasteiger partial charge in [0.2, 0.25) is 5.91 Å². The summed E-state index contributed by atoms with van der Waals surface area (Å²) in [5, 5.41) is 3.49. The minimum absolute atomic E-state index is 0.0166. The molecule has 0 saturated heterocycles. The molecule has 0 aliphatic heterocycles. The van der Waals surface area contributed by atoms with E-state index in [4.69, 9.17) is 26.8 Å². The second-order valence-corrected chi connectivity index (χ2v) is 6.24. The molecule has 0 radical (unpaired) electrons. The number of carbonyl (C=O) groups excluding carboxylic acids is 1. The van der Waals surface area contributed by atoms with Crippen molar-refractivity contribution < 1.29 is 14.3 Å². The molecule has 1 fully saturated rings. The quantitative estimate of drug-likeness (QED) is 0.747. The predicted molar refractivity (Wildman–Crippen MR) is 92.0 cm³/mol. The Labute approximate surface area is 142 Å². The Bertz CT molecular complexity index is 525. The van der Waals surface area contributed by atoms with Crippen LogP contribution in [0, 0.1) is 5.92 Å². The summed E-state index contributed by atoms with van der Waals surface area (Å²) in [6.07, 6.45) is 3.59. The normalized spacial score (nSPS) is 21.0. The molecule has 3 N–H and O–H groups in total. The first-order chi connectivity index (χ1) is 11.1. The molecule has 2 unspecified atom stereocenters. The summed E-state index contributed by atoms with van der Waals surface area (Å²) in [5.41, 5.74) is 6.56. The number of halogens is 1. The van der Waals surface area contributed by atoms with Gasteiger partial charge in [-0.05, 0) is 44.4 Å². The molecule has 1 aliphatic rings. The molecule has 128 valence electrons. The fraction of sp³-hybridized carbons (Fsp3) is 0.588. The van der Waals surface area contributed by atoms with E-state index in [0.29, 0.717) is 36.3 Å². The third-order valence-electron chi connectivity index (χ3n) is 3.97. The van der Waals surface area contributed by atoms with Crippen molar-refractivity contribution in [1.82, 2.24) is 0 Å². The Hall–Kier alpha value is -1.30. The molecule has 0 bridgehead atoms. The van der Waals surface area contributed by atoms with E-state index in [-0.39, 0.29) is 17.9 Å². The molecule has 5 nitrogen and oxygen atoms in total. The van der Waals surface area contributed by atoms with E-state index in [1.54, 1.807) is 18.2 Å². The number of amides is 1. The average molecular weight is 341 g/mol. The van der Waals surface area contributed by atoms with Gasteiger partial charge in [-0.15, -0.1) is 0 Å². The highest BCUT2D eigenvalue weighted by Gasteiger charge is 2.26. The standard InChI is InChI=1S/C17H25ClN2O3/c1-2-22-8-9-23-16-7-6-13(18)11-15(16)20-17(21)12-4-3-5-14(19)10-12/h6-7,11-12,14H,2-5,8-10,19H2,1H3,(H,20,21). The summed E-state index contributed by atoms with van der Waals surface area (Å²) in [6, 6.07) is 5.32. The number of hydrogen-bond acceptors (Lipinski definition) is 4. The van der Waals surface area contributed by atoms with Crippen molar-refractivity contribution in [2.24, 2.45) is 11.7 Å². The maximum atomic E-state index is 12.5. The highest BCUT2D eigenvalue weighted by Crippen LogP contribution is 2.30. The van der Waals surface area contributed by atoms with Crippen LogP contribution in [0.25, 0.3) is 0 Å². The van der Waals surface area contributed by atoms with E-state index < -0.39 is 0 Å². The second kappa shape index (κ2) is 9.11. The van der Waals surface area contributed by atoms with Crippen molar-refractivity contribution >= 4 is 23.2 Å². The largest absolute Gasteiger partial charge is 0.489 e. The zero-order valence-electron chi connectivity index (χ0n) is 13.5. The molecule has 1 aromatic rings. The Kier molecular flexibility index (Phi) is 7.15. The van der Waals surface area contributed by atoms with Crippen LogP contribution in [-0.2, 0) is 9.53 Å². The van der Waals surface area contributed by atoms with Gasteiger partial charge in [0.1, 0.15) is 12.4 Å². The van der Waals surface area contributed by atoms with Crippen LogP contribution in [0.4, 0.5) is 5.69 Å². The summed E-state index contributed by atoms with van der Waals surface area (Å²) in [7, 11) is 0. The Balaban J connectivity index is 1.99. The zero-order valence-corrected chi connectivity index (χ0v) is 14.3. The molecule has 1 saturated carbocycles. The maximum absolute atomic E-state index is 12.5. The zero-order chi connectivity index (χ0) is 16.7. The number of ether oxygens (including phenoxy) is 2. The summed E-state index contributed by atoms with van der Waals surface area (Å²) in [5.74, 6) is 0.536. The van der Waals surface area contributed by atoms with Gasteiger partial charge in [0.15, 0.2) is 0 Å². The average Bonchev–Trinajstić information content (AvgIpc) is 2.53. The van der Waals surface area contributed by atoms with Gasteiger partial charge in [-0.3, -0.25) is 4.79 Å². The molecule has 2 atom stereocenters. The lowest BCUT2D eigenvalue weighted by atomic mass is 9.85. The van der Waals surface area contributed by atoms with Crippen molar-refractivity contribution in [3.63, 3.8) is 0 Å². The molecule has 0 heterocycles. The van der Waals surface area contributed by atoms with Gasteiger partial charge in [0.25, 0.3) is 0 Å². The summed E-state index contributed by atoms with van der Waals surface area (Å²) >= 11 is 6.04. The number of anilines is 1. The van der Waals surface area contributed by atoms with Gasteiger partial charge in [0.05, 0.1) is 12.3 Å². The number of hydrogen-bond donors (Lipinski definition) is 2. The smallest absolute Gasteiger partial charge is 0.227 e. The van der Waals surface area contributed by atoms with Crippen LogP contribution in [0.3, 0.4) is 0 Å². The monoisotopic (exact) mass is 340 g/mol. The number of benzene rings is 1. The first-order valence-corrected chi connectivity index (χ1v) is 8.54. The van der Waals surface area contributed by atoms with Crippen LogP contribution in [0.2, 0.25) is 5.02 Å². The topological polar surface area (TPSA) is 73.6 Å². The van der Waals surface area contributed by atoms with E-state index >= 15 is 0 Å². The van der Waals surface area contributed by atoms with Crippen molar-refractivity contribution in [2.45, 2.75) is 38.6 Å². The molecule has 0 aromatic heterocycles. The number of rotatable bonds is 7. The Morgan fingerprint density at radius 3 is 2.96 bits per heavy atom. The summed E-state index contributed by atoms with van der Waals surface area (Å²) in [4.78, 5) is 12.5. The summed E-state index contributed by atoms with van der Waals surface area (Å²) in [6.45, 7) is 3.51. The lowest BCUT2D eigenvalue weighted by molar-refractivity contribution is -0.120. The Morgan fingerprint density at radius 2 is 2.22 bits per heavy atom. The third-order valence-corrected chi connectivity index (χ3v) is 4.21. The highest BCUT2D eigenvalue weighted by atomic mass is 35.5. The van der Waals surface area contributed by atoms with E-state index in [2.05, 4.69) is 5.32 Å². The third kappa shape index (κ3) is 5.68. The van der Waals surface area contributed by atoms with Gasteiger partial charge in [-0.25, -0.2) is 0 Å². The number of nitrogens with one attached hydrogen (secondary N) is 1. The van der Waals surface area contributed by atoms with E-state index in [1.807, 2.05) is 6.92 Å². The van der Waals surface area contributed by atoms with Crippen LogP contribution in [0.1, 0.15) is 32.6 Å². The van der Waals surface area contributed by atoms with Gasteiger partial charge < -0.3 is 20.5 Å². The molecular weight excluding hydrogens is 316 g/mol. The second-order valence-electron chi connectivity index (χ2n) is 5.80. The fourth-order valence-electron chi connectivity index (χ4n) is 2.78. The fourth-order valence-corrected chi connectivity index (χ4v) is 2.95. The van der Waals surface area contributed by atoms with Crippen LogP contribution in [-0.4, -0.2) is 31.8 Å². The van der Waals surface area contributed by atoms with Crippen LogP contribution in [0.15, 0.2) is 18.2 Å². The highest BCUT2D eigenvalue weighted by molar-refractivity contribution is 6.31. The molecule has 0 spiro atoms. The van der Waals surface area contributed by atoms with Gasteiger partial charge in [-0.2, -0.15) is 0 Å². The van der Waals surface area contributed by atoms with E-state index in [1.165, 1.54) is 0 Å². The summed E-state index contributed by atoms with van der Waals surface area (Å²) < 4.78 is 10.9. The first kappa shape index (κ1) is 18.0. The number of carbonyl (C=O) groups is 1. The van der Waals surface area contributed by atoms with Crippen molar-refractivity contribution in [3.05, 3.63) is 23.2 Å². The van der Waals surface area contributed by atoms with Crippen LogP contribution >= 0.6 is 11.6 Å². The van der Waals surface area contributed by atoms with Crippen molar-refractivity contribution in [3.8, 4) is 5.75 Å². The van der Waals surface area contributed by atoms with Crippen LogP contribution in [0.5, 0.6) is 5.75 Å². The van der Waals surface area contributed by atoms with E-state index in [9.17, 15) is 4.79 Å². The Morgan fingerprint density at radius 1 is 1.39 bits per heavy atom. The minimum atomic E-state index is -0.0472. The molecule has 23 heavy (non-hydrogen) atoms. The molecule has 1 aliphatic carbocycles. The van der Waals surface area contributed by atoms with Crippen LogP contribution < -0.4 is 15.8 Å². The molecule has 1 amide bonds. The van der Waals surface area contributed by atoms with E-state index in [0.717, 1.165) is 25.7 Å². The number of nitrogens with two attached hydrogens (primary N) is 1. The lowest BCUT2D eigenvalue weighted by Gasteiger charge is -2.26. The van der Waals surface area contributed by atoms with Crippen molar-refractivity contribution in [1.29, 1.82) is 0 Å². The molecular formula is C17H25ClN2O3. The van der Waals surface area contributed by atoms with Gasteiger partial charge in [-0.1, -0.05) is 18.0 Å². The van der Waals surface area contributed by atoms with Gasteiger partial charge in [0, 0.05) is 23.6 Å². The SMILES string of the molecule is CCOCCOc1ccc(Cl)cc1NC(=O)C1CCCC(N)C1. The molecule has 2 rings (SSSR count). The molecule has 1 aromatic carbocycles. The van der Waals surface area contributed by atoms with Crippen molar-refractivity contribution in [2.75, 3.05) is 25.1 Å². The first-order valence-electron chi connectivity index (χ1n) is 8.16. The molecule has 6 heteroatoms. The minimum Gasteiger partial charge on any atom is -0.489 e. The van der Waals surface area contributed by atoms with Gasteiger partial charge >= 0.3 is 0 Å². The predicted octanol–water partition coefficient (Wildman–Crippen LogP) is 3.21.